The number of hydrogen-bond acceptors (Lipinski definition) is 2. The third kappa shape index (κ3) is 2.12. The van der Waals surface area contributed by atoms with Crippen LogP contribution >= 0.6 is 0 Å². The normalized spacial score (nSPS) is 35.9. The Hall–Kier alpha value is -1.58. The second kappa shape index (κ2) is 5.00. The SMILES string of the molecule is C=CC(=O)N(CC)CC(=O)N1C[C@@H]2[C@@H]3C=C[C@@H](C3)[C@]2(C)C1. The van der Waals surface area contributed by atoms with Crippen molar-refractivity contribution in [2.75, 3.05) is 26.2 Å². The lowest BCUT2D eigenvalue weighted by Crippen LogP contribution is -2.42. The van der Waals surface area contributed by atoms with E-state index in [0.29, 0.717) is 24.3 Å². The van der Waals surface area contributed by atoms with E-state index < -0.39 is 0 Å². The lowest BCUT2D eigenvalue weighted by Gasteiger charge is -2.31. The lowest BCUT2D eigenvalue weighted by atomic mass is 9.72. The zero-order valence-electron chi connectivity index (χ0n) is 12.9. The van der Waals surface area contributed by atoms with E-state index in [4.69, 9.17) is 0 Å². The molecule has 0 N–H and O–H groups in total. The van der Waals surface area contributed by atoms with Gasteiger partial charge in [-0.15, -0.1) is 0 Å². The second-order valence-electron chi connectivity index (χ2n) is 6.83. The number of carbonyl (C=O) groups excluding carboxylic acids is 2. The van der Waals surface area contributed by atoms with E-state index in [9.17, 15) is 9.59 Å². The Kier molecular flexibility index (Phi) is 3.42. The molecule has 0 aromatic rings. The van der Waals surface area contributed by atoms with Crippen LogP contribution in [0, 0.1) is 23.2 Å². The number of allylic oxidation sites excluding steroid dienone is 2. The Morgan fingerprint density at radius 3 is 2.86 bits per heavy atom. The van der Waals surface area contributed by atoms with Gasteiger partial charge in [0, 0.05) is 19.6 Å². The summed E-state index contributed by atoms with van der Waals surface area (Å²) >= 11 is 0. The van der Waals surface area contributed by atoms with Gasteiger partial charge in [0.2, 0.25) is 11.8 Å². The highest BCUT2D eigenvalue weighted by Crippen LogP contribution is 2.59. The van der Waals surface area contributed by atoms with Crippen LogP contribution in [0.2, 0.25) is 0 Å². The van der Waals surface area contributed by atoms with E-state index in [1.807, 2.05) is 11.8 Å². The minimum absolute atomic E-state index is 0.0714. The van der Waals surface area contributed by atoms with Gasteiger partial charge in [0.05, 0.1) is 6.54 Å². The molecule has 1 heterocycles. The molecule has 3 aliphatic rings. The lowest BCUT2D eigenvalue weighted by molar-refractivity contribution is -0.137. The quantitative estimate of drug-likeness (QED) is 0.583. The molecule has 0 aromatic carbocycles. The van der Waals surface area contributed by atoms with Crippen LogP contribution in [0.1, 0.15) is 20.3 Å². The summed E-state index contributed by atoms with van der Waals surface area (Å²) < 4.78 is 0. The number of nitrogens with zero attached hydrogens (tertiary/aromatic N) is 2. The molecule has 1 saturated heterocycles. The van der Waals surface area contributed by atoms with Crippen LogP contribution in [-0.4, -0.2) is 47.8 Å². The molecule has 2 aliphatic carbocycles. The van der Waals surface area contributed by atoms with Gasteiger partial charge < -0.3 is 9.80 Å². The van der Waals surface area contributed by atoms with Crippen molar-refractivity contribution in [1.82, 2.24) is 9.80 Å². The monoisotopic (exact) mass is 288 g/mol. The summed E-state index contributed by atoms with van der Waals surface area (Å²) in [6, 6.07) is 0. The molecule has 4 atom stereocenters. The molecule has 0 spiro atoms. The van der Waals surface area contributed by atoms with Gasteiger partial charge in [-0.05, 0) is 42.6 Å². The maximum Gasteiger partial charge on any atom is 0.246 e. The number of fused-ring (bicyclic) bond motifs is 5. The fraction of sp³-hybridized carbons (Fsp3) is 0.647. The summed E-state index contributed by atoms with van der Waals surface area (Å²) in [7, 11) is 0. The smallest absolute Gasteiger partial charge is 0.246 e. The fourth-order valence-corrected chi connectivity index (χ4v) is 4.50. The minimum atomic E-state index is -0.168. The van der Waals surface area contributed by atoms with Gasteiger partial charge in [-0.3, -0.25) is 9.59 Å². The first-order chi connectivity index (χ1) is 9.99. The minimum Gasteiger partial charge on any atom is -0.340 e. The van der Waals surface area contributed by atoms with Crippen LogP contribution in [0.15, 0.2) is 24.8 Å². The van der Waals surface area contributed by atoms with Gasteiger partial charge in [-0.1, -0.05) is 25.7 Å². The predicted octanol–water partition coefficient (Wildman–Crippen LogP) is 1.69. The van der Waals surface area contributed by atoms with E-state index in [0.717, 1.165) is 13.1 Å². The highest BCUT2D eigenvalue weighted by molar-refractivity contribution is 5.91. The molecule has 1 aliphatic heterocycles. The Morgan fingerprint density at radius 1 is 1.48 bits per heavy atom. The summed E-state index contributed by atoms with van der Waals surface area (Å²) in [6.07, 6.45) is 7.22. The number of amides is 2. The first-order valence-electron chi connectivity index (χ1n) is 7.87. The van der Waals surface area contributed by atoms with Crippen LogP contribution < -0.4 is 0 Å². The van der Waals surface area contributed by atoms with E-state index in [-0.39, 0.29) is 23.8 Å². The second-order valence-corrected chi connectivity index (χ2v) is 6.83. The number of likely N-dealkylation sites (tertiary alicyclic amines) is 1. The van der Waals surface area contributed by atoms with E-state index in [1.165, 1.54) is 12.5 Å². The van der Waals surface area contributed by atoms with Gasteiger partial charge in [0.1, 0.15) is 0 Å². The fourth-order valence-electron chi connectivity index (χ4n) is 4.50. The predicted molar refractivity (Wildman–Crippen MR) is 81.4 cm³/mol. The van der Waals surface area contributed by atoms with E-state index in [1.54, 1.807) is 4.90 Å². The molecule has 3 rings (SSSR count). The summed E-state index contributed by atoms with van der Waals surface area (Å²) in [4.78, 5) is 27.7. The van der Waals surface area contributed by atoms with Crippen molar-refractivity contribution in [3.8, 4) is 0 Å². The van der Waals surface area contributed by atoms with Crippen molar-refractivity contribution in [2.24, 2.45) is 23.2 Å². The van der Waals surface area contributed by atoms with Crippen LogP contribution in [-0.2, 0) is 9.59 Å². The molecule has 4 nitrogen and oxygen atoms in total. The van der Waals surface area contributed by atoms with Gasteiger partial charge in [0.15, 0.2) is 0 Å². The summed E-state index contributed by atoms with van der Waals surface area (Å²) in [5, 5.41) is 0. The molecule has 114 valence electrons. The molecule has 2 bridgehead atoms. The zero-order chi connectivity index (χ0) is 15.2. The van der Waals surface area contributed by atoms with Crippen molar-refractivity contribution < 1.29 is 9.59 Å². The maximum absolute atomic E-state index is 12.5. The zero-order valence-corrected chi connectivity index (χ0v) is 12.9. The average Bonchev–Trinajstić information content (AvgIpc) is 3.13. The van der Waals surface area contributed by atoms with Crippen molar-refractivity contribution in [3.63, 3.8) is 0 Å². The molecular formula is C17H24N2O2. The Bertz CT molecular complexity index is 513. The summed E-state index contributed by atoms with van der Waals surface area (Å²) in [5.41, 5.74) is 0.245. The molecule has 1 saturated carbocycles. The van der Waals surface area contributed by atoms with Crippen molar-refractivity contribution in [2.45, 2.75) is 20.3 Å². The van der Waals surface area contributed by atoms with Crippen LogP contribution in [0.5, 0.6) is 0 Å². The standard InChI is InChI=1S/C17H24N2O2/c1-4-15(20)18(5-2)10-16(21)19-9-14-12-6-7-13(8-12)17(14,3)11-19/h4,6-7,12-14H,1,5,8-11H2,2-3H3/t12-,13+,14-,17+/m1/s1. The molecule has 0 aromatic heterocycles. The van der Waals surface area contributed by atoms with Crippen LogP contribution in [0.3, 0.4) is 0 Å². The Balaban J connectivity index is 1.66. The third-order valence-corrected chi connectivity index (χ3v) is 5.82. The van der Waals surface area contributed by atoms with Gasteiger partial charge in [-0.25, -0.2) is 0 Å². The average molecular weight is 288 g/mol. The Morgan fingerprint density at radius 2 is 2.24 bits per heavy atom. The van der Waals surface area contributed by atoms with Gasteiger partial charge in [-0.2, -0.15) is 0 Å². The first kappa shape index (κ1) is 14.4. The maximum atomic E-state index is 12.5. The Labute approximate surface area is 126 Å². The molecule has 2 fully saturated rings. The van der Waals surface area contributed by atoms with E-state index >= 15 is 0 Å². The first-order valence-corrected chi connectivity index (χ1v) is 7.87. The van der Waals surface area contributed by atoms with Crippen molar-refractivity contribution >= 4 is 11.8 Å². The van der Waals surface area contributed by atoms with Gasteiger partial charge >= 0.3 is 0 Å². The number of likely N-dealkylation sites (N-methyl/N-ethyl adjacent to an activating group) is 1. The number of rotatable bonds is 4. The van der Waals surface area contributed by atoms with Crippen LogP contribution in [0.4, 0.5) is 0 Å². The largest absolute Gasteiger partial charge is 0.340 e. The molecular weight excluding hydrogens is 264 g/mol. The number of hydrogen-bond donors (Lipinski definition) is 0. The molecule has 2 amide bonds. The van der Waals surface area contributed by atoms with E-state index in [2.05, 4.69) is 25.7 Å². The van der Waals surface area contributed by atoms with Crippen molar-refractivity contribution in [1.29, 1.82) is 0 Å². The highest BCUT2D eigenvalue weighted by atomic mass is 16.2. The number of carbonyl (C=O) groups is 2. The summed E-state index contributed by atoms with van der Waals surface area (Å²) in [6.45, 7) is 10.1. The van der Waals surface area contributed by atoms with Crippen molar-refractivity contribution in [3.05, 3.63) is 24.8 Å². The summed E-state index contributed by atoms with van der Waals surface area (Å²) in [5.74, 6) is 1.78. The molecule has 21 heavy (non-hydrogen) atoms. The van der Waals surface area contributed by atoms with Gasteiger partial charge in [0.25, 0.3) is 0 Å². The van der Waals surface area contributed by atoms with Crippen LogP contribution in [0.25, 0.3) is 0 Å². The molecule has 0 unspecified atom stereocenters. The molecule has 0 radical (unpaired) electrons. The topological polar surface area (TPSA) is 40.6 Å². The third-order valence-electron chi connectivity index (χ3n) is 5.82. The molecule has 4 heteroatoms. The highest BCUT2D eigenvalue weighted by Gasteiger charge is 2.58.